The van der Waals surface area contributed by atoms with E-state index >= 15 is 0 Å². The predicted octanol–water partition coefficient (Wildman–Crippen LogP) is 5.14. The summed E-state index contributed by atoms with van der Waals surface area (Å²) in [6.45, 7) is 10.7. The highest BCUT2D eigenvalue weighted by atomic mass is 16.5. The maximum absolute atomic E-state index is 11.7. The summed E-state index contributed by atoms with van der Waals surface area (Å²) < 4.78 is 10.5. The molecule has 0 heterocycles. The fourth-order valence-corrected chi connectivity index (χ4v) is 2.90. The zero-order valence-corrected chi connectivity index (χ0v) is 16.1. The molecule has 0 aromatic heterocycles. The Morgan fingerprint density at radius 1 is 0.821 bits per heavy atom. The van der Waals surface area contributed by atoms with Crippen LogP contribution < -0.4 is 4.74 Å². The third-order valence-corrected chi connectivity index (χ3v) is 4.40. The third kappa shape index (κ3) is 4.29. The Labute approximate surface area is 164 Å². The van der Waals surface area contributed by atoms with Crippen molar-refractivity contribution in [1.82, 2.24) is 0 Å². The van der Waals surface area contributed by atoms with Gasteiger partial charge in [0.1, 0.15) is 5.75 Å². The normalized spacial score (nSPS) is 10.6. The molecule has 0 fully saturated rings. The lowest BCUT2D eigenvalue weighted by Crippen LogP contribution is -2.08. The summed E-state index contributed by atoms with van der Waals surface area (Å²) in [6, 6.07) is 15.8. The van der Waals surface area contributed by atoms with E-state index in [0.29, 0.717) is 29.9 Å². The van der Waals surface area contributed by atoms with Crippen molar-refractivity contribution in [3.05, 3.63) is 78.4 Å². The second-order valence-electron chi connectivity index (χ2n) is 6.84. The van der Waals surface area contributed by atoms with Gasteiger partial charge < -0.3 is 9.47 Å². The van der Waals surface area contributed by atoms with Crippen molar-refractivity contribution in [3.63, 3.8) is 0 Å². The van der Waals surface area contributed by atoms with Crippen LogP contribution in [0.25, 0.3) is 21.5 Å². The van der Waals surface area contributed by atoms with Gasteiger partial charge in [-0.25, -0.2) is 9.59 Å². The molecule has 0 atom stereocenters. The van der Waals surface area contributed by atoms with Crippen molar-refractivity contribution in [1.29, 1.82) is 0 Å². The van der Waals surface area contributed by atoms with Gasteiger partial charge in [-0.1, -0.05) is 49.6 Å². The average molecular weight is 374 g/mol. The number of carbonyl (C=O) groups is 2. The molecule has 28 heavy (non-hydrogen) atoms. The molecule has 3 aromatic rings. The van der Waals surface area contributed by atoms with Gasteiger partial charge in [-0.15, -0.1) is 0 Å². The highest BCUT2D eigenvalue weighted by Crippen LogP contribution is 2.29. The van der Waals surface area contributed by atoms with Gasteiger partial charge >= 0.3 is 11.9 Å². The van der Waals surface area contributed by atoms with E-state index in [1.807, 2.05) is 30.3 Å². The SMILES string of the molecule is C=C(C)C(=O)OCCc1ccc2c(ccc3cc(OC(=O)C(=C)C)ccc32)c1. The zero-order valence-electron chi connectivity index (χ0n) is 16.1. The lowest BCUT2D eigenvalue weighted by atomic mass is 9.99. The summed E-state index contributed by atoms with van der Waals surface area (Å²) in [5.41, 5.74) is 1.85. The van der Waals surface area contributed by atoms with E-state index in [4.69, 9.17) is 9.47 Å². The smallest absolute Gasteiger partial charge is 0.338 e. The highest BCUT2D eigenvalue weighted by Gasteiger charge is 2.08. The van der Waals surface area contributed by atoms with Gasteiger partial charge in [-0.05, 0) is 53.1 Å². The minimum Gasteiger partial charge on any atom is -0.462 e. The van der Waals surface area contributed by atoms with Gasteiger partial charge in [-0.2, -0.15) is 0 Å². The van der Waals surface area contributed by atoms with Gasteiger partial charge in [0.2, 0.25) is 0 Å². The Hall–Kier alpha value is -3.40. The molecule has 0 amide bonds. The van der Waals surface area contributed by atoms with Crippen molar-refractivity contribution in [2.24, 2.45) is 0 Å². The van der Waals surface area contributed by atoms with E-state index in [1.54, 1.807) is 19.9 Å². The lowest BCUT2D eigenvalue weighted by Gasteiger charge is -2.09. The van der Waals surface area contributed by atoms with Crippen LogP contribution in [0.1, 0.15) is 19.4 Å². The van der Waals surface area contributed by atoms with Gasteiger partial charge in [0.05, 0.1) is 6.61 Å². The van der Waals surface area contributed by atoms with E-state index in [-0.39, 0.29) is 5.97 Å². The fourth-order valence-electron chi connectivity index (χ4n) is 2.90. The Morgan fingerprint density at radius 2 is 1.43 bits per heavy atom. The molecule has 0 aliphatic heterocycles. The van der Waals surface area contributed by atoms with E-state index < -0.39 is 5.97 Å². The van der Waals surface area contributed by atoms with Crippen LogP contribution in [0.15, 0.2) is 72.8 Å². The minimum absolute atomic E-state index is 0.322. The van der Waals surface area contributed by atoms with Crippen LogP contribution in [-0.2, 0) is 20.7 Å². The molecule has 4 heteroatoms. The summed E-state index contributed by atoms with van der Waals surface area (Å²) in [4.78, 5) is 23.2. The molecule has 0 spiro atoms. The number of ether oxygens (including phenoxy) is 2. The number of hydrogen-bond donors (Lipinski definition) is 0. The zero-order chi connectivity index (χ0) is 20.3. The first kappa shape index (κ1) is 19.4. The van der Waals surface area contributed by atoms with Crippen LogP contribution >= 0.6 is 0 Å². The third-order valence-electron chi connectivity index (χ3n) is 4.40. The van der Waals surface area contributed by atoms with E-state index in [0.717, 1.165) is 27.1 Å². The monoisotopic (exact) mass is 374 g/mol. The first-order chi connectivity index (χ1) is 13.3. The number of carbonyl (C=O) groups excluding carboxylic acids is 2. The molecule has 0 radical (unpaired) electrons. The molecule has 142 valence electrons. The molecule has 3 aromatic carbocycles. The van der Waals surface area contributed by atoms with Crippen LogP contribution in [0.3, 0.4) is 0 Å². The second-order valence-corrected chi connectivity index (χ2v) is 6.84. The maximum Gasteiger partial charge on any atom is 0.338 e. The molecule has 0 N–H and O–H groups in total. The van der Waals surface area contributed by atoms with Crippen molar-refractivity contribution >= 4 is 33.5 Å². The lowest BCUT2D eigenvalue weighted by molar-refractivity contribution is -0.138. The molecular weight excluding hydrogens is 352 g/mol. The molecule has 4 nitrogen and oxygen atoms in total. The van der Waals surface area contributed by atoms with Gasteiger partial charge in [-0.3, -0.25) is 0 Å². The summed E-state index contributed by atoms with van der Waals surface area (Å²) >= 11 is 0. The number of rotatable bonds is 6. The number of esters is 2. The fraction of sp³-hybridized carbons (Fsp3) is 0.167. The highest BCUT2D eigenvalue weighted by molar-refractivity contribution is 6.08. The minimum atomic E-state index is -0.433. The van der Waals surface area contributed by atoms with Gasteiger partial charge in [0.15, 0.2) is 0 Å². The first-order valence-electron chi connectivity index (χ1n) is 9.01. The molecular formula is C24H22O4. The van der Waals surface area contributed by atoms with Crippen molar-refractivity contribution in [2.75, 3.05) is 6.61 Å². The number of fused-ring (bicyclic) bond motifs is 3. The maximum atomic E-state index is 11.7. The first-order valence-corrected chi connectivity index (χ1v) is 9.01. The number of benzene rings is 3. The standard InChI is InChI=1S/C24H22O4/c1-15(2)23(25)27-12-11-17-5-9-21-18(13-17)6-7-19-14-20(8-10-22(19)21)28-24(26)16(3)4/h5-10,13-14H,1,3,11-12H2,2,4H3. The van der Waals surface area contributed by atoms with Gasteiger partial charge in [0, 0.05) is 17.6 Å². The van der Waals surface area contributed by atoms with E-state index in [1.165, 1.54) is 0 Å². The van der Waals surface area contributed by atoms with Crippen molar-refractivity contribution in [3.8, 4) is 5.75 Å². The Bertz CT molecular complexity index is 1110. The molecule has 0 saturated heterocycles. The molecule has 0 aliphatic rings. The molecule has 3 rings (SSSR count). The van der Waals surface area contributed by atoms with Crippen molar-refractivity contribution in [2.45, 2.75) is 20.3 Å². The molecule has 0 bridgehead atoms. The van der Waals surface area contributed by atoms with Crippen LogP contribution in [0.2, 0.25) is 0 Å². The predicted molar refractivity (Wildman–Crippen MR) is 111 cm³/mol. The molecule has 0 unspecified atom stereocenters. The summed E-state index contributed by atoms with van der Waals surface area (Å²) in [7, 11) is 0. The largest absolute Gasteiger partial charge is 0.462 e. The molecule has 0 aliphatic carbocycles. The Morgan fingerprint density at radius 3 is 2.07 bits per heavy atom. The van der Waals surface area contributed by atoms with Crippen molar-refractivity contribution < 1.29 is 19.1 Å². The number of hydrogen-bond acceptors (Lipinski definition) is 4. The summed E-state index contributed by atoms with van der Waals surface area (Å²) in [5, 5.41) is 4.27. The quantitative estimate of drug-likeness (QED) is 0.260. The topological polar surface area (TPSA) is 52.6 Å². The summed E-state index contributed by atoms with van der Waals surface area (Å²) in [6.07, 6.45) is 0.642. The van der Waals surface area contributed by atoms with Crippen LogP contribution in [0.4, 0.5) is 0 Å². The van der Waals surface area contributed by atoms with E-state index in [9.17, 15) is 9.59 Å². The van der Waals surface area contributed by atoms with Crippen LogP contribution in [0.5, 0.6) is 5.75 Å². The van der Waals surface area contributed by atoms with Gasteiger partial charge in [0.25, 0.3) is 0 Å². The molecule has 0 saturated carbocycles. The average Bonchev–Trinajstić information content (AvgIpc) is 2.67. The van der Waals surface area contributed by atoms with Crippen LogP contribution in [0, 0.1) is 0 Å². The summed E-state index contributed by atoms with van der Waals surface area (Å²) in [5.74, 6) is -0.303. The Balaban J connectivity index is 1.82. The second kappa shape index (κ2) is 8.09. The Kier molecular flexibility index (Phi) is 5.59. The van der Waals surface area contributed by atoms with Crippen LogP contribution in [-0.4, -0.2) is 18.5 Å². The van der Waals surface area contributed by atoms with E-state index in [2.05, 4.69) is 25.3 Å².